The Bertz CT molecular complexity index is 218. The van der Waals surface area contributed by atoms with E-state index in [9.17, 15) is 0 Å². The van der Waals surface area contributed by atoms with Crippen molar-refractivity contribution in [1.29, 1.82) is 0 Å². The summed E-state index contributed by atoms with van der Waals surface area (Å²) in [5.41, 5.74) is 0. The van der Waals surface area contributed by atoms with Crippen LogP contribution in [-0.4, -0.2) is 14.5 Å². The van der Waals surface area contributed by atoms with Gasteiger partial charge in [0.15, 0.2) is 0 Å². The van der Waals surface area contributed by atoms with Crippen LogP contribution in [0.1, 0.15) is 6.92 Å². The fourth-order valence-electron chi connectivity index (χ4n) is 0.812. The van der Waals surface area contributed by atoms with Gasteiger partial charge in [0.2, 0.25) is 0 Å². The Kier molecular flexibility index (Phi) is 2.40. The number of hydrogen-bond acceptors (Lipinski definition) is 1. The first kappa shape index (κ1) is 7.22. The van der Waals surface area contributed by atoms with Gasteiger partial charge in [-0.2, -0.15) is 0 Å². The van der Waals surface area contributed by atoms with Gasteiger partial charge in [-0.1, -0.05) is 11.3 Å². The zero-order valence-corrected chi connectivity index (χ0v) is 7.59. The van der Waals surface area contributed by atoms with Gasteiger partial charge in [0.25, 0.3) is 0 Å². The van der Waals surface area contributed by atoms with Gasteiger partial charge in [-0.3, -0.25) is 4.98 Å². The molecular formula is C8H11NSi. The molecule has 1 rings (SSSR count). The van der Waals surface area contributed by atoms with Crippen molar-refractivity contribution in [3.63, 3.8) is 0 Å². The lowest BCUT2D eigenvalue weighted by Crippen LogP contribution is -2.17. The summed E-state index contributed by atoms with van der Waals surface area (Å²) in [5.74, 6) is 0. The molecule has 0 radical (unpaired) electrons. The van der Waals surface area contributed by atoms with Gasteiger partial charge in [-0.05, 0) is 19.1 Å². The third-order valence-corrected chi connectivity index (χ3v) is 2.59. The number of pyridine rings is 1. The van der Waals surface area contributed by atoms with Gasteiger partial charge in [0, 0.05) is 11.5 Å². The molecule has 2 heteroatoms. The first-order chi connectivity index (χ1) is 4.79. The van der Waals surface area contributed by atoms with Crippen molar-refractivity contribution in [2.24, 2.45) is 0 Å². The first-order valence-corrected chi connectivity index (χ1v) is 4.75. The van der Waals surface area contributed by atoms with Gasteiger partial charge in [0.05, 0.1) is 0 Å². The maximum Gasteiger partial charge on any atom is 0.105 e. The highest BCUT2D eigenvalue weighted by atomic mass is 28.2. The summed E-state index contributed by atoms with van der Waals surface area (Å²) >= 11 is 0. The molecule has 0 aliphatic heterocycles. The Morgan fingerprint density at radius 1 is 1.60 bits per heavy atom. The summed E-state index contributed by atoms with van der Waals surface area (Å²) in [6, 6.07) is 6.04. The van der Waals surface area contributed by atoms with Crippen LogP contribution in [0, 0.1) is 0 Å². The van der Waals surface area contributed by atoms with Crippen LogP contribution in [0.2, 0.25) is 0 Å². The van der Waals surface area contributed by atoms with Crippen molar-refractivity contribution in [3.8, 4) is 0 Å². The maximum atomic E-state index is 4.22. The molecule has 1 aromatic rings. The third kappa shape index (κ3) is 2.15. The van der Waals surface area contributed by atoms with Gasteiger partial charge in [-0.25, -0.2) is 0 Å². The Morgan fingerprint density at radius 3 is 2.90 bits per heavy atom. The van der Waals surface area contributed by atoms with Crippen LogP contribution >= 0.6 is 0 Å². The van der Waals surface area contributed by atoms with E-state index in [0.717, 1.165) is 0 Å². The highest BCUT2D eigenvalue weighted by Gasteiger charge is 1.91. The molecule has 0 saturated heterocycles. The molecule has 0 spiro atoms. The molecule has 0 aliphatic carbocycles. The number of allylic oxidation sites excluding steroid dienone is 1. The van der Waals surface area contributed by atoms with E-state index in [0.29, 0.717) is 0 Å². The van der Waals surface area contributed by atoms with Crippen molar-refractivity contribution in [3.05, 3.63) is 36.2 Å². The molecule has 0 aromatic carbocycles. The number of nitrogens with zero attached hydrogens (tertiary/aromatic N) is 1. The van der Waals surface area contributed by atoms with Crippen molar-refractivity contribution >= 4 is 14.8 Å². The van der Waals surface area contributed by atoms with Crippen molar-refractivity contribution < 1.29 is 0 Å². The average molecular weight is 149 g/mol. The molecule has 0 saturated carbocycles. The van der Waals surface area contributed by atoms with Gasteiger partial charge < -0.3 is 0 Å². The largest absolute Gasteiger partial charge is 0.266 e. The van der Waals surface area contributed by atoms with E-state index in [1.165, 1.54) is 10.5 Å². The Morgan fingerprint density at radius 2 is 2.40 bits per heavy atom. The van der Waals surface area contributed by atoms with Crippen LogP contribution in [0.3, 0.4) is 0 Å². The molecule has 0 atom stereocenters. The van der Waals surface area contributed by atoms with Crippen molar-refractivity contribution in [2.45, 2.75) is 6.92 Å². The van der Waals surface area contributed by atoms with Gasteiger partial charge in [0.1, 0.15) is 9.52 Å². The molecule has 1 nitrogen and oxygen atoms in total. The summed E-state index contributed by atoms with van der Waals surface area (Å²) < 4.78 is 0. The van der Waals surface area contributed by atoms with Crippen molar-refractivity contribution in [2.75, 3.05) is 0 Å². The van der Waals surface area contributed by atoms with E-state index < -0.39 is 0 Å². The molecule has 1 heterocycles. The molecule has 0 amide bonds. The van der Waals surface area contributed by atoms with Crippen LogP contribution in [0.15, 0.2) is 36.2 Å². The Hall–Kier alpha value is -0.893. The number of hydrogen-bond donors (Lipinski definition) is 0. The normalized spacial score (nSPS) is 10.5. The summed E-state index contributed by atoms with van der Waals surface area (Å²) in [6.07, 6.45) is 1.84. The molecular weight excluding hydrogens is 138 g/mol. The molecule has 0 fully saturated rings. The molecule has 0 aliphatic rings. The first-order valence-electron chi connectivity index (χ1n) is 3.33. The van der Waals surface area contributed by atoms with E-state index in [-0.39, 0.29) is 9.52 Å². The van der Waals surface area contributed by atoms with E-state index in [2.05, 4.69) is 24.6 Å². The van der Waals surface area contributed by atoms with E-state index in [1.807, 2.05) is 18.3 Å². The van der Waals surface area contributed by atoms with Crippen molar-refractivity contribution in [1.82, 2.24) is 4.98 Å². The van der Waals surface area contributed by atoms with Crippen LogP contribution < -0.4 is 5.32 Å². The van der Waals surface area contributed by atoms with E-state index >= 15 is 0 Å². The fraction of sp³-hybridized carbons (Fsp3) is 0.125. The molecule has 1 aromatic heterocycles. The van der Waals surface area contributed by atoms with Gasteiger partial charge >= 0.3 is 0 Å². The SMILES string of the molecule is C=C(C)[SiH2]c1ccccn1. The van der Waals surface area contributed by atoms with Gasteiger partial charge in [-0.15, -0.1) is 6.58 Å². The van der Waals surface area contributed by atoms with Crippen LogP contribution in [0.25, 0.3) is 0 Å². The monoisotopic (exact) mass is 149 g/mol. The zero-order valence-electron chi connectivity index (χ0n) is 6.17. The standard InChI is InChI=1S/C8H11NSi/c1-7(2)10-8-5-3-4-6-9-8/h3-6H,1,10H2,2H3. The average Bonchev–Trinajstić information content (AvgIpc) is 1.88. The molecule has 52 valence electrons. The topological polar surface area (TPSA) is 12.9 Å². The lowest BCUT2D eigenvalue weighted by molar-refractivity contribution is 1.38. The third-order valence-electron chi connectivity index (χ3n) is 1.21. The maximum absolute atomic E-state index is 4.22. The zero-order chi connectivity index (χ0) is 7.40. The summed E-state index contributed by atoms with van der Waals surface area (Å²) in [5, 5.41) is 2.52. The second-order valence-corrected chi connectivity index (χ2v) is 4.74. The molecule has 0 bridgehead atoms. The number of aromatic nitrogens is 1. The Labute approximate surface area is 63.6 Å². The van der Waals surface area contributed by atoms with E-state index in [1.54, 1.807) is 0 Å². The smallest absolute Gasteiger partial charge is 0.105 e. The lowest BCUT2D eigenvalue weighted by Gasteiger charge is -1.95. The lowest BCUT2D eigenvalue weighted by atomic mass is 10.5. The van der Waals surface area contributed by atoms with E-state index in [4.69, 9.17) is 0 Å². The number of rotatable bonds is 2. The minimum Gasteiger partial charge on any atom is -0.266 e. The minimum absolute atomic E-state index is 0.282. The summed E-state index contributed by atoms with van der Waals surface area (Å²) in [4.78, 5) is 4.22. The summed E-state index contributed by atoms with van der Waals surface area (Å²) in [7, 11) is -0.282. The highest BCUT2D eigenvalue weighted by Crippen LogP contribution is 1.82. The predicted octanol–water partition coefficient (Wildman–Crippen LogP) is 0.409. The van der Waals surface area contributed by atoms with Crippen LogP contribution in [0.5, 0.6) is 0 Å². The predicted molar refractivity (Wildman–Crippen MR) is 47.2 cm³/mol. The fourth-order valence-corrected chi connectivity index (χ4v) is 1.88. The summed E-state index contributed by atoms with van der Waals surface area (Å²) in [6.45, 7) is 5.94. The Balaban J connectivity index is 2.67. The quantitative estimate of drug-likeness (QED) is 0.555. The highest BCUT2D eigenvalue weighted by molar-refractivity contribution is 6.59. The second kappa shape index (κ2) is 3.32. The molecule has 10 heavy (non-hydrogen) atoms. The second-order valence-electron chi connectivity index (χ2n) is 2.45. The molecule has 0 N–H and O–H groups in total. The molecule has 0 unspecified atom stereocenters. The van der Waals surface area contributed by atoms with Crippen LogP contribution in [0.4, 0.5) is 0 Å². The minimum atomic E-state index is -0.282. The van der Waals surface area contributed by atoms with Crippen LogP contribution in [-0.2, 0) is 0 Å².